The van der Waals surface area contributed by atoms with Gasteiger partial charge in [-0.3, -0.25) is 9.69 Å². The molecule has 0 radical (unpaired) electrons. The van der Waals surface area contributed by atoms with Crippen LogP contribution < -0.4 is 0 Å². The Morgan fingerprint density at radius 3 is 2.65 bits per heavy atom. The zero-order chi connectivity index (χ0) is 13.0. The molecule has 1 rings (SSSR count). The van der Waals surface area contributed by atoms with Crippen LogP contribution in [-0.2, 0) is 4.79 Å². The lowest BCUT2D eigenvalue weighted by Gasteiger charge is -2.31. The van der Waals surface area contributed by atoms with E-state index >= 15 is 0 Å². The summed E-state index contributed by atoms with van der Waals surface area (Å²) in [4.78, 5) is 17.3. The summed E-state index contributed by atoms with van der Waals surface area (Å²) in [6, 6.07) is 0.286. The van der Waals surface area contributed by atoms with Crippen LogP contribution in [0.25, 0.3) is 0 Å². The third kappa shape index (κ3) is 3.78. The third-order valence-electron chi connectivity index (χ3n) is 3.04. The van der Waals surface area contributed by atoms with Crippen molar-refractivity contribution in [2.24, 2.45) is 0 Å². The summed E-state index contributed by atoms with van der Waals surface area (Å²) in [5, 5.41) is 12.0. The number of aromatic nitrogens is 1. The highest BCUT2D eigenvalue weighted by Gasteiger charge is 2.24. The SMILES string of the molecule is CCC(C)N(CC(=O)O)C(C)c1csc(C)n1. The minimum Gasteiger partial charge on any atom is -0.480 e. The standard InChI is InChI=1S/C12H20N2O2S/c1-5-8(2)14(6-12(15)16)9(3)11-7-17-10(4)13-11/h7-9H,5-6H2,1-4H3,(H,15,16). The third-order valence-corrected chi connectivity index (χ3v) is 3.83. The fourth-order valence-electron chi connectivity index (χ4n) is 1.81. The smallest absolute Gasteiger partial charge is 0.317 e. The normalized spacial score (nSPS) is 14.9. The molecule has 96 valence electrons. The van der Waals surface area contributed by atoms with Crippen LogP contribution >= 0.6 is 11.3 Å². The van der Waals surface area contributed by atoms with Gasteiger partial charge in [0.1, 0.15) is 0 Å². The van der Waals surface area contributed by atoms with Crippen molar-refractivity contribution in [3.63, 3.8) is 0 Å². The Balaban J connectivity index is 2.85. The first-order chi connectivity index (χ1) is 7.95. The van der Waals surface area contributed by atoms with Crippen LogP contribution in [0, 0.1) is 6.92 Å². The number of aliphatic carboxylic acids is 1. The molecular weight excluding hydrogens is 236 g/mol. The molecule has 17 heavy (non-hydrogen) atoms. The summed E-state index contributed by atoms with van der Waals surface area (Å²) in [6.07, 6.45) is 0.931. The van der Waals surface area contributed by atoms with Crippen LogP contribution in [0.3, 0.4) is 0 Å². The highest BCUT2D eigenvalue weighted by atomic mass is 32.1. The van der Waals surface area contributed by atoms with Crippen molar-refractivity contribution in [3.05, 3.63) is 16.1 Å². The molecule has 0 fully saturated rings. The minimum absolute atomic E-state index is 0.0472. The lowest BCUT2D eigenvalue weighted by Crippen LogP contribution is -2.39. The van der Waals surface area contributed by atoms with E-state index in [1.807, 2.05) is 24.1 Å². The predicted molar refractivity (Wildman–Crippen MR) is 69.4 cm³/mol. The second kappa shape index (κ2) is 6.12. The lowest BCUT2D eigenvalue weighted by molar-refractivity contribution is -0.139. The van der Waals surface area contributed by atoms with E-state index in [0.29, 0.717) is 0 Å². The number of aryl methyl sites for hydroxylation is 1. The molecule has 5 heteroatoms. The number of carboxylic acid groups (broad SMARTS) is 1. The first-order valence-electron chi connectivity index (χ1n) is 5.85. The first kappa shape index (κ1) is 14.1. The van der Waals surface area contributed by atoms with E-state index < -0.39 is 5.97 Å². The maximum absolute atomic E-state index is 10.9. The molecular formula is C12H20N2O2S. The quantitative estimate of drug-likeness (QED) is 0.850. The summed E-state index contributed by atoms with van der Waals surface area (Å²) in [5.41, 5.74) is 0.967. The van der Waals surface area contributed by atoms with E-state index in [1.165, 1.54) is 0 Å². The molecule has 2 unspecified atom stereocenters. The van der Waals surface area contributed by atoms with Crippen LogP contribution in [0.15, 0.2) is 5.38 Å². The molecule has 0 spiro atoms. The van der Waals surface area contributed by atoms with E-state index in [0.717, 1.165) is 17.1 Å². The monoisotopic (exact) mass is 256 g/mol. The first-order valence-corrected chi connectivity index (χ1v) is 6.73. The fraction of sp³-hybridized carbons (Fsp3) is 0.667. The molecule has 0 aliphatic carbocycles. The van der Waals surface area contributed by atoms with Gasteiger partial charge in [0.25, 0.3) is 0 Å². The molecule has 0 aliphatic rings. The van der Waals surface area contributed by atoms with Gasteiger partial charge in [0.05, 0.1) is 23.3 Å². The maximum Gasteiger partial charge on any atom is 0.317 e. The van der Waals surface area contributed by atoms with E-state index in [4.69, 9.17) is 5.11 Å². The molecule has 1 aromatic rings. The number of hydrogen-bond donors (Lipinski definition) is 1. The van der Waals surface area contributed by atoms with Crippen molar-refractivity contribution in [2.45, 2.75) is 46.2 Å². The van der Waals surface area contributed by atoms with Crippen molar-refractivity contribution >= 4 is 17.3 Å². The Labute approximate surface area is 106 Å². The van der Waals surface area contributed by atoms with Crippen LogP contribution in [0.5, 0.6) is 0 Å². The van der Waals surface area contributed by atoms with Gasteiger partial charge in [-0.25, -0.2) is 4.98 Å². The molecule has 0 bridgehead atoms. The number of thiazole rings is 1. The number of carboxylic acids is 1. The van der Waals surface area contributed by atoms with E-state index in [2.05, 4.69) is 18.8 Å². The summed E-state index contributed by atoms with van der Waals surface area (Å²) in [6.45, 7) is 8.17. The van der Waals surface area contributed by atoms with Gasteiger partial charge >= 0.3 is 5.97 Å². The molecule has 2 atom stereocenters. The van der Waals surface area contributed by atoms with Gasteiger partial charge in [-0.1, -0.05) is 6.92 Å². The zero-order valence-electron chi connectivity index (χ0n) is 10.8. The van der Waals surface area contributed by atoms with Crippen molar-refractivity contribution in [1.29, 1.82) is 0 Å². The maximum atomic E-state index is 10.9. The Bertz CT molecular complexity index is 378. The second-order valence-electron chi connectivity index (χ2n) is 4.29. The highest BCUT2D eigenvalue weighted by molar-refractivity contribution is 7.09. The number of hydrogen-bond acceptors (Lipinski definition) is 4. The van der Waals surface area contributed by atoms with Gasteiger partial charge in [-0.2, -0.15) is 0 Å². The highest BCUT2D eigenvalue weighted by Crippen LogP contribution is 2.24. The lowest BCUT2D eigenvalue weighted by atomic mass is 10.1. The van der Waals surface area contributed by atoms with Crippen molar-refractivity contribution in [3.8, 4) is 0 Å². The number of carbonyl (C=O) groups is 1. The van der Waals surface area contributed by atoms with Gasteiger partial charge < -0.3 is 5.11 Å². The van der Waals surface area contributed by atoms with Gasteiger partial charge in [-0.05, 0) is 27.2 Å². The molecule has 0 saturated carbocycles. The average Bonchev–Trinajstić information content (AvgIpc) is 2.70. The number of rotatable bonds is 6. The second-order valence-corrected chi connectivity index (χ2v) is 5.35. The van der Waals surface area contributed by atoms with E-state index in [9.17, 15) is 4.79 Å². The molecule has 1 heterocycles. The van der Waals surface area contributed by atoms with Gasteiger partial charge in [0.2, 0.25) is 0 Å². The van der Waals surface area contributed by atoms with Gasteiger partial charge in [0.15, 0.2) is 0 Å². The average molecular weight is 256 g/mol. The Morgan fingerprint density at radius 2 is 2.24 bits per heavy atom. The Hall–Kier alpha value is -0.940. The van der Waals surface area contributed by atoms with Crippen molar-refractivity contribution < 1.29 is 9.90 Å². The molecule has 0 saturated heterocycles. The molecule has 4 nitrogen and oxygen atoms in total. The summed E-state index contributed by atoms with van der Waals surface area (Å²) >= 11 is 1.60. The predicted octanol–water partition coefficient (Wildman–Crippen LogP) is 2.70. The minimum atomic E-state index is -0.788. The van der Waals surface area contributed by atoms with Gasteiger partial charge in [-0.15, -0.1) is 11.3 Å². The van der Waals surface area contributed by atoms with Gasteiger partial charge in [0, 0.05) is 11.4 Å². The van der Waals surface area contributed by atoms with Crippen molar-refractivity contribution in [2.75, 3.05) is 6.54 Å². The molecule has 0 aliphatic heterocycles. The largest absolute Gasteiger partial charge is 0.480 e. The Morgan fingerprint density at radius 1 is 1.59 bits per heavy atom. The fourth-order valence-corrected chi connectivity index (χ4v) is 2.51. The van der Waals surface area contributed by atoms with Crippen LogP contribution in [0.2, 0.25) is 0 Å². The topological polar surface area (TPSA) is 53.4 Å². The summed E-state index contributed by atoms with van der Waals surface area (Å²) < 4.78 is 0. The van der Waals surface area contributed by atoms with Crippen molar-refractivity contribution in [1.82, 2.24) is 9.88 Å². The molecule has 1 N–H and O–H groups in total. The molecule has 0 aromatic carbocycles. The van der Waals surface area contributed by atoms with E-state index in [-0.39, 0.29) is 18.6 Å². The zero-order valence-corrected chi connectivity index (χ0v) is 11.6. The van der Waals surface area contributed by atoms with Crippen LogP contribution in [0.1, 0.15) is 43.9 Å². The van der Waals surface area contributed by atoms with Crippen LogP contribution in [-0.4, -0.2) is 33.5 Å². The molecule has 1 aromatic heterocycles. The summed E-state index contributed by atoms with van der Waals surface area (Å²) in [5.74, 6) is -0.788. The number of nitrogens with zero attached hydrogens (tertiary/aromatic N) is 2. The molecule has 0 amide bonds. The van der Waals surface area contributed by atoms with Crippen LogP contribution in [0.4, 0.5) is 0 Å². The summed E-state index contributed by atoms with van der Waals surface area (Å²) in [7, 11) is 0. The van der Waals surface area contributed by atoms with E-state index in [1.54, 1.807) is 11.3 Å². The Kier molecular flexibility index (Phi) is 5.08.